The molecule has 0 unspecified atom stereocenters. The first-order chi connectivity index (χ1) is 6.31. The van der Waals surface area contributed by atoms with Gasteiger partial charge in [-0.2, -0.15) is 0 Å². The maximum absolute atomic E-state index is 10.7. The van der Waals surface area contributed by atoms with Crippen molar-refractivity contribution in [3.8, 4) is 12.3 Å². The molecular formula is C12H20O. The normalized spacial score (nSPS) is 9.54. The molecule has 0 radical (unpaired) electrons. The number of carbonyl (C=O) groups is 1. The SMILES string of the molecule is C#CC(=O)CCCCCCCCC. The molecule has 0 amide bonds. The van der Waals surface area contributed by atoms with Crippen LogP contribution in [-0.2, 0) is 4.79 Å². The lowest BCUT2D eigenvalue weighted by Crippen LogP contribution is -1.91. The van der Waals surface area contributed by atoms with Gasteiger partial charge >= 0.3 is 0 Å². The molecule has 0 atom stereocenters. The van der Waals surface area contributed by atoms with Crippen molar-refractivity contribution in [3.05, 3.63) is 0 Å². The van der Waals surface area contributed by atoms with Crippen LogP contribution in [0.5, 0.6) is 0 Å². The zero-order valence-corrected chi connectivity index (χ0v) is 8.64. The molecule has 1 nitrogen and oxygen atoms in total. The van der Waals surface area contributed by atoms with Crippen LogP contribution in [0, 0.1) is 12.3 Å². The summed E-state index contributed by atoms with van der Waals surface area (Å²) in [6.45, 7) is 2.21. The minimum atomic E-state index is -0.0476. The summed E-state index contributed by atoms with van der Waals surface area (Å²) in [4.78, 5) is 10.7. The van der Waals surface area contributed by atoms with Gasteiger partial charge in [0.05, 0.1) is 0 Å². The molecule has 0 aliphatic carbocycles. The predicted octanol–water partition coefficient (Wildman–Crippen LogP) is 3.33. The average Bonchev–Trinajstić information content (AvgIpc) is 2.16. The summed E-state index contributed by atoms with van der Waals surface area (Å²) < 4.78 is 0. The van der Waals surface area contributed by atoms with Crippen LogP contribution in [0.2, 0.25) is 0 Å². The van der Waals surface area contributed by atoms with E-state index in [1.165, 1.54) is 32.1 Å². The van der Waals surface area contributed by atoms with Gasteiger partial charge in [-0.15, -0.1) is 6.42 Å². The monoisotopic (exact) mass is 180 g/mol. The summed E-state index contributed by atoms with van der Waals surface area (Å²) in [5, 5.41) is 0. The maximum atomic E-state index is 10.7. The highest BCUT2D eigenvalue weighted by molar-refractivity contribution is 5.94. The van der Waals surface area contributed by atoms with Crippen LogP contribution in [0.25, 0.3) is 0 Å². The Morgan fingerprint density at radius 3 is 2.15 bits per heavy atom. The van der Waals surface area contributed by atoms with Gasteiger partial charge in [0.2, 0.25) is 5.78 Å². The summed E-state index contributed by atoms with van der Waals surface area (Å²) >= 11 is 0. The van der Waals surface area contributed by atoms with E-state index in [1.54, 1.807) is 0 Å². The Bertz CT molecular complexity index is 164. The van der Waals surface area contributed by atoms with E-state index in [2.05, 4.69) is 12.8 Å². The second kappa shape index (κ2) is 9.32. The summed E-state index contributed by atoms with van der Waals surface area (Å²) in [5.41, 5.74) is 0. The highest BCUT2D eigenvalue weighted by Crippen LogP contribution is 2.08. The molecule has 13 heavy (non-hydrogen) atoms. The van der Waals surface area contributed by atoms with Crippen LogP contribution >= 0.6 is 0 Å². The van der Waals surface area contributed by atoms with Crippen LogP contribution in [0.4, 0.5) is 0 Å². The number of terminal acetylenes is 1. The third kappa shape index (κ3) is 9.14. The van der Waals surface area contributed by atoms with E-state index >= 15 is 0 Å². The van der Waals surface area contributed by atoms with Crippen molar-refractivity contribution < 1.29 is 4.79 Å². The molecule has 74 valence electrons. The molecule has 0 aromatic heterocycles. The second-order valence-electron chi connectivity index (χ2n) is 3.44. The molecule has 0 rings (SSSR count). The minimum absolute atomic E-state index is 0.0476. The molecule has 0 heterocycles. The van der Waals surface area contributed by atoms with Crippen LogP contribution < -0.4 is 0 Å². The Labute approximate surface area is 81.9 Å². The first kappa shape index (κ1) is 12.2. The minimum Gasteiger partial charge on any atom is -0.285 e. The Hall–Kier alpha value is -0.770. The predicted molar refractivity (Wildman–Crippen MR) is 56.5 cm³/mol. The van der Waals surface area contributed by atoms with Crippen molar-refractivity contribution in [2.24, 2.45) is 0 Å². The van der Waals surface area contributed by atoms with E-state index in [0.717, 1.165) is 12.8 Å². The molecule has 0 fully saturated rings. The van der Waals surface area contributed by atoms with Gasteiger partial charge in [0.15, 0.2) is 0 Å². The lowest BCUT2D eigenvalue weighted by atomic mass is 10.1. The number of hydrogen-bond acceptors (Lipinski definition) is 1. The Morgan fingerprint density at radius 2 is 1.62 bits per heavy atom. The molecule has 0 saturated carbocycles. The van der Waals surface area contributed by atoms with Crippen molar-refractivity contribution in [3.63, 3.8) is 0 Å². The van der Waals surface area contributed by atoms with Gasteiger partial charge in [-0.25, -0.2) is 0 Å². The maximum Gasteiger partial charge on any atom is 0.205 e. The fourth-order valence-corrected chi connectivity index (χ4v) is 1.31. The second-order valence-corrected chi connectivity index (χ2v) is 3.44. The Balaban J connectivity index is 3.00. The number of hydrogen-bond donors (Lipinski definition) is 0. The number of carbonyl (C=O) groups excluding carboxylic acids is 1. The van der Waals surface area contributed by atoms with E-state index in [9.17, 15) is 4.79 Å². The summed E-state index contributed by atoms with van der Waals surface area (Å²) in [6, 6.07) is 0. The van der Waals surface area contributed by atoms with Crippen molar-refractivity contribution in [1.29, 1.82) is 0 Å². The molecule has 0 N–H and O–H groups in total. The van der Waals surface area contributed by atoms with Crippen LogP contribution in [0.15, 0.2) is 0 Å². The van der Waals surface area contributed by atoms with Crippen LogP contribution in [-0.4, -0.2) is 5.78 Å². The van der Waals surface area contributed by atoms with E-state index in [1.807, 2.05) is 0 Å². The van der Waals surface area contributed by atoms with E-state index < -0.39 is 0 Å². The van der Waals surface area contributed by atoms with Gasteiger partial charge in [-0.1, -0.05) is 45.4 Å². The smallest absolute Gasteiger partial charge is 0.205 e. The average molecular weight is 180 g/mol. The van der Waals surface area contributed by atoms with Crippen LogP contribution in [0.3, 0.4) is 0 Å². The molecule has 0 saturated heterocycles. The highest BCUT2D eigenvalue weighted by atomic mass is 16.1. The zero-order valence-electron chi connectivity index (χ0n) is 8.64. The molecule has 0 aromatic rings. The van der Waals surface area contributed by atoms with Gasteiger partial charge in [0, 0.05) is 6.42 Å². The summed E-state index contributed by atoms with van der Waals surface area (Å²) in [5.74, 6) is 2.09. The Morgan fingerprint density at radius 1 is 1.08 bits per heavy atom. The summed E-state index contributed by atoms with van der Waals surface area (Å²) in [7, 11) is 0. The first-order valence-corrected chi connectivity index (χ1v) is 5.30. The summed E-state index contributed by atoms with van der Waals surface area (Å²) in [6.07, 6.45) is 14.2. The topological polar surface area (TPSA) is 17.1 Å². The van der Waals surface area contributed by atoms with Crippen molar-refractivity contribution in [1.82, 2.24) is 0 Å². The van der Waals surface area contributed by atoms with E-state index in [-0.39, 0.29) is 5.78 Å². The fourth-order valence-electron chi connectivity index (χ4n) is 1.31. The number of Topliss-reactive ketones (excluding diaryl/α,β-unsaturated/α-hetero) is 1. The largest absolute Gasteiger partial charge is 0.285 e. The Kier molecular flexibility index (Phi) is 8.77. The first-order valence-electron chi connectivity index (χ1n) is 5.30. The standard InChI is InChI=1S/C12H20O/c1-3-5-6-7-8-9-10-11-12(13)4-2/h2H,3,5-11H2,1H3. The molecular weight excluding hydrogens is 160 g/mol. The van der Waals surface area contributed by atoms with E-state index in [4.69, 9.17) is 6.42 Å². The lowest BCUT2D eigenvalue weighted by Gasteiger charge is -1.98. The third-order valence-corrected chi connectivity index (χ3v) is 2.17. The quantitative estimate of drug-likeness (QED) is 0.318. The van der Waals surface area contributed by atoms with Gasteiger partial charge in [-0.05, 0) is 12.3 Å². The molecule has 0 aliphatic rings. The molecule has 1 heteroatoms. The van der Waals surface area contributed by atoms with Gasteiger partial charge < -0.3 is 0 Å². The van der Waals surface area contributed by atoms with Crippen LogP contribution in [0.1, 0.15) is 58.3 Å². The van der Waals surface area contributed by atoms with Crippen molar-refractivity contribution >= 4 is 5.78 Å². The van der Waals surface area contributed by atoms with Crippen molar-refractivity contribution in [2.45, 2.75) is 58.3 Å². The van der Waals surface area contributed by atoms with E-state index in [0.29, 0.717) is 6.42 Å². The molecule has 0 spiro atoms. The zero-order chi connectivity index (χ0) is 9.94. The third-order valence-electron chi connectivity index (χ3n) is 2.17. The number of rotatable bonds is 8. The van der Waals surface area contributed by atoms with Crippen molar-refractivity contribution in [2.75, 3.05) is 0 Å². The van der Waals surface area contributed by atoms with Gasteiger partial charge in [-0.3, -0.25) is 4.79 Å². The number of unbranched alkanes of at least 4 members (excludes halogenated alkanes) is 6. The molecule has 0 bridgehead atoms. The lowest BCUT2D eigenvalue weighted by molar-refractivity contribution is -0.113. The molecule has 0 aromatic carbocycles. The van der Waals surface area contributed by atoms with Gasteiger partial charge in [0.25, 0.3) is 0 Å². The highest BCUT2D eigenvalue weighted by Gasteiger charge is 1.95. The molecule has 0 aliphatic heterocycles. The fraction of sp³-hybridized carbons (Fsp3) is 0.750. The van der Waals surface area contributed by atoms with Gasteiger partial charge in [0.1, 0.15) is 0 Å². The number of ketones is 1.